The normalized spacial score (nSPS) is 17.8. The van der Waals surface area contributed by atoms with E-state index in [1.807, 2.05) is 0 Å². The standard InChI is InChI=1S/C17H35N3O2.2ClH/c1-6-20(7-2)15(12-14(3)4)13-19-16(21)17(22-5)8-10-18-11-9-17;;/h14-15,18H,6-13H2,1-5H3,(H,19,21);2*1H. The van der Waals surface area contributed by atoms with Gasteiger partial charge in [-0.2, -0.15) is 0 Å². The van der Waals surface area contributed by atoms with Crippen LogP contribution < -0.4 is 10.6 Å². The molecule has 1 aliphatic rings. The van der Waals surface area contributed by atoms with Gasteiger partial charge in [0.1, 0.15) is 5.60 Å². The Labute approximate surface area is 160 Å². The molecule has 5 nitrogen and oxygen atoms in total. The number of piperidine rings is 1. The maximum atomic E-state index is 12.7. The lowest BCUT2D eigenvalue weighted by atomic mass is 9.91. The van der Waals surface area contributed by atoms with E-state index in [1.165, 1.54) is 0 Å². The summed E-state index contributed by atoms with van der Waals surface area (Å²) >= 11 is 0. The van der Waals surface area contributed by atoms with Gasteiger partial charge in [0.25, 0.3) is 5.91 Å². The van der Waals surface area contributed by atoms with Crippen LogP contribution in [0.5, 0.6) is 0 Å². The molecule has 0 radical (unpaired) electrons. The molecule has 1 saturated heterocycles. The highest BCUT2D eigenvalue weighted by Crippen LogP contribution is 2.22. The van der Waals surface area contributed by atoms with E-state index >= 15 is 0 Å². The predicted octanol–water partition coefficient (Wildman–Crippen LogP) is 2.47. The molecule has 1 fully saturated rings. The molecule has 1 amide bonds. The third kappa shape index (κ3) is 7.44. The zero-order chi connectivity index (χ0) is 16.6. The minimum Gasteiger partial charge on any atom is -0.368 e. The molecule has 0 aliphatic carbocycles. The molecule has 1 heterocycles. The highest BCUT2D eigenvalue weighted by molar-refractivity contribution is 5.86. The first-order valence-corrected chi connectivity index (χ1v) is 8.77. The van der Waals surface area contributed by atoms with Gasteiger partial charge in [-0.25, -0.2) is 0 Å². The number of nitrogens with zero attached hydrogens (tertiary/aromatic N) is 1. The second-order valence-electron chi connectivity index (χ2n) is 6.66. The number of amides is 1. The molecule has 1 rings (SSSR count). The Morgan fingerprint density at radius 3 is 2.17 bits per heavy atom. The van der Waals surface area contributed by atoms with Gasteiger partial charge in [0, 0.05) is 19.7 Å². The third-order valence-electron chi connectivity index (χ3n) is 4.79. The molecule has 0 spiro atoms. The number of likely N-dealkylation sites (N-methyl/N-ethyl adjacent to an activating group) is 1. The van der Waals surface area contributed by atoms with Crippen molar-refractivity contribution in [3.05, 3.63) is 0 Å². The molecule has 7 heteroatoms. The summed E-state index contributed by atoms with van der Waals surface area (Å²) in [4.78, 5) is 15.1. The molecule has 0 aromatic rings. The summed E-state index contributed by atoms with van der Waals surface area (Å²) in [6.45, 7) is 13.3. The summed E-state index contributed by atoms with van der Waals surface area (Å²) in [6, 6.07) is 0.398. The molecule has 24 heavy (non-hydrogen) atoms. The second kappa shape index (κ2) is 13.2. The van der Waals surface area contributed by atoms with E-state index in [4.69, 9.17) is 4.74 Å². The Morgan fingerprint density at radius 2 is 1.75 bits per heavy atom. The number of methoxy groups -OCH3 is 1. The Hall–Kier alpha value is -0.0700. The van der Waals surface area contributed by atoms with Crippen LogP contribution in [0, 0.1) is 5.92 Å². The van der Waals surface area contributed by atoms with Gasteiger partial charge in [0.2, 0.25) is 0 Å². The summed E-state index contributed by atoms with van der Waals surface area (Å²) in [7, 11) is 1.65. The molecular weight excluding hydrogens is 349 g/mol. The molecule has 2 N–H and O–H groups in total. The Kier molecular flexibility index (Phi) is 14.4. The van der Waals surface area contributed by atoms with Crippen molar-refractivity contribution in [3.63, 3.8) is 0 Å². The van der Waals surface area contributed by atoms with Crippen LogP contribution >= 0.6 is 24.8 Å². The summed E-state index contributed by atoms with van der Waals surface area (Å²) in [5, 5.41) is 6.45. The first-order valence-electron chi connectivity index (χ1n) is 8.77. The van der Waals surface area contributed by atoms with Crippen molar-refractivity contribution in [1.29, 1.82) is 0 Å². The zero-order valence-electron chi connectivity index (χ0n) is 15.9. The maximum absolute atomic E-state index is 12.7. The SMILES string of the molecule is CCN(CC)C(CNC(=O)C1(OC)CCNCC1)CC(C)C.Cl.Cl. The Bertz CT molecular complexity index is 334. The lowest BCUT2D eigenvalue weighted by molar-refractivity contribution is -0.147. The van der Waals surface area contributed by atoms with Crippen molar-refractivity contribution < 1.29 is 9.53 Å². The monoisotopic (exact) mass is 385 g/mol. The Morgan fingerprint density at radius 1 is 1.21 bits per heavy atom. The lowest BCUT2D eigenvalue weighted by Crippen LogP contribution is -2.56. The van der Waals surface area contributed by atoms with Crippen molar-refractivity contribution in [2.24, 2.45) is 5.92 Å². The second-order valence-corrected chi connectivity index (χ2v) is 6.66. The number of hydrogen-bond acceptors (Lipinski definition) is 4. The fourth-order valence-electron chi connectivity index (χ4n) is 3.37. The first kappa shape index (κ1) is 26.2. The number of nitrogens with one attached hydrogen (secondary N) is 2. The van der Waals surface area contributed by atoms with Crippen LogP contribution in [0.3, 0.4) is 0 Å². The molecule has 0 aromatic carbocycles. The number of carbonyl (C=O) groups excluding carboxylic acids is 1. The van der Waals surface area contributed by atoms with Gasteiger partial charge >= 0.3 is 0 Å². The molecule has 1 atom stereocenters. The van der Waals surface area contributed by atoms with E-state index < -0.39 is 5.60 Å². The van der Waals surface area contributed by atoms with Crippen molar-refractivity contribution in [2.75, 3.05) is 39.8 Å². The quantitative estimate of drug-likeness (QED) is 0.639. The highest BCUT2D eigenvalue weighted by atomic mass is 35.5. The van der Waals surface area contributed by atoms with Crippen LogP contribution in [0.15, 0.2) is 0 Å². The van der Waals surface area contributed by atoms with Gasteiger partial charge in [-0.15, -0.1) is 24.8 Å². The third-order valence-corrected chi connectivity index (χ3v) is 4.79. The fourth-order valence-corrected chi connectivity index (χ4v) is 3.37. The van der Waals surface area contributed by atoms with Crippen molar-refractivity contribution in [2.45, 2.75) is 58.6 Å². The predicted molar refractivity (Wildman–Crippen MR) is 106 cm³/mol. The van der Waals surface area contributed by atoms with Crippen LogP contribution in [0.1, 0.15) is 47.0 Å². The van der Waals surface area contributed by atoms with Crippen molar-refractivity contribution in [3.8, 4) is 0 Å². The van der Waals surface area contributed by atoms with Crippen LogP contribution in [-0.4, -0.2) is 62.3 Å². The highest BCUT2D eigenvalue weighted by Gasteiger charge is 2.39. The minimum absolute atomic E-state index is 0. The molecule has 1 aliphatic heterocycles. The minimum atomic E-state index is -0.642. The molecule has 146 valence electrons. The van der Waals surface area contributed by atoms with E-state index in [9.17, 15) is 4.79 Å². The van der Waals surface area contributed by atoms with E-state index in [1.54, 1.807) is 7.11 Å². The topological polar surface area (TPSA) is 53.6 Å². The number of halogens is 2. The molecule has 0 aromatic heterocycles. The van der Waals surface area contributed by atoms with Gasteiger partial charge < -0.3 is 15.4 Å². The molecular formula is C17H37Cl2N3O2. The van der Waals surface area contributed by atoms with E-state index in [2.05, 4.69) is 43.2 Å². The van der Waals surface area contributed by atoms with Gasteiger partial charge in [-0.3, -0.25) is 9.69 Å². The summed E-state index contributed by atoms with van der Waals surface area (Å²) in [6.07, 6.45) is 2.59. The van der Waals surface area contributed by atoms with Crippen molar-refractivity contribution in [1.82, 2.24) is 15.5 Å². The average Bonchev–Trinajstić information content (AvgIpc) is 2.53. The number of ether oxygens (including phenoxy) is 1. The maximum Gasteiger partial charge on any atom is 0.252 e. The van der Waals surface area contributed by atoms with E-state index in [0.717, 1.165) is 45.4 Å². The van der Waals surface area contributed by atoms with Gasteiger partial charge in [0.05, 0.1) is 0 Å². The average molecular weight is 386 g/mol. The zero-order valence-corrected chi connectivity index (χ0v) is 17.5. The molecule has 1 unspecified atom stereocenters. The summed E-state index contributed by atoms with van der Waals surface area (Å²) in [5.74, 6) is 0.676. The molecule has 0 bridgehead atoms. The van der Waals surface area contributed by atoms with E-state index in [0.29, 0.717) is 18.5 Å². The van der Waals surface area contributed by atoms with Crippen molar-refractivity contribution >= 4 is 30.7 Å². The number of hydrogen-bond donors (Lipinski definition) is 2. The Balaban J connectivity index is 0. The smallest absolute Gasteiger partial charge is 0.252 e. The summed E-state index contributed by atoms with van der Waals surface area (Å²) < 4.78 is 5.60. The fraction of sp³-hybridized carbons (Fsp3) is 0.941. The van der Waals surface area contributed by atoms with Gasteiger partial charge in [-0.1, -0.05) is 27.7 Å². The summed E-state index contributed by atoms with van der Waals surface area (Å²) in [5.41, 5.74) is -0.642. The number of rotatable bonds is 9. The van der Waals surface area contributed by atoms with Gasteiger partial charge in [-0.05, 0) is 51.4 Å². The largest absolute Gasteiger partial charge is 0.368 e. The number of carbonyl (C=O) groups is 1. The van der Waals surface area contributed by atoms with Crippen LogP contribution in [0.2, 0.25) is 0 Å². The lowest BCUT2D eigenvalue weighted by Gasteiger charge is -2.36. The van der Waals surface area contributed by atoms with Gasteiger partial charge in [0.15, 0.2) is 0 Å². The molecule has 0 saturated carbocycles. The van der Waals surface area contributed by atoms with Crippen LogP contribution in [-0.2, 0) is 9.53 Å². The van der Waals surface area contributed by atoms with E-state index in [-0.39, 0.29) is 30.7 Å². The van der Waals surface area contributed by atoms with Crippen LogP contribution in [0.25, 0.3) is 0 Å². The van der Waals surface area contributed by atoms with Crippen LogP contribution in [0.4, 0.5) is 0 Å². The first-order chi connectivity index (χ1) is 10.5.